The maximum Gasteiger partial charge on any atom is 0.352 e. The number of rotatable bonds is 4. The third-order valence-electron chi connectivity index (χ3n) is 2.85. The van der Waals surface area contributed by atoms with E-state index in [0.717, 1.165) is 26.6 Å². The zero-order valence-electron chi connectivity index (χ0n) is 10.4. The van der Waals surface area contributed by atoms with Crippen LogP contribution in [0.1, 0.15) is 23.8 Å². The maximum absolute atomic E-state index is 11.3. The minimum atomic E-state index is -0.897. The summed E-state index contributed by atoms with van der Waals surface area (Å²) in [7, 11) is 0. The van der Waals surface area contributed by atoms with Crippen LogP contribution >= 0.6 is 31.9 Å². The highest BCUT2D eigenvalue weighted by atomic mass is 79.9. The number of nitrogens with zero attached hydrogens (tertiary/aromatic N) is 1. The molecule has 19 heavy (non-hydrogen) atoms. The van der Waals surface area contributed by atoms with Gasteiger partial charge in [-0.05, 0) is 36.8 Å². The van der Waals surface area contributed by atoms with Crippen molar-refractivity contribution in [1.29, 1.82) is 0 Å². The first-order valence-corrected chi connectivity index (χ1v) is 7.51. The number of aromatic nitrogens is 1. The summed E-state index contributed by atoms with van der Waals surface area (Å²) in [6.45, 7) is 2.72. The van der Waals surface area contributed by atoms with Gasteiger partial charge in [0.1, 0.15) is 5.69 Å². The largest absolute Gasteiger partial charge is 0.477 e. The predicted octanol–water partition coefficient (Wildman–Crippen LogP) is 4.79. The van der Waals surface area contributed by atoms with E-state index >= 15 is 0 Å². The van der Waals surface area contributed by atoms with Gasteiger partial charge in [-0.25, -0.2) is 4.79 Å². The molecule has 1 aromatic carbocycles. The maximum atomic E-state index is 11.3. The van der Waals surface area contributed by atoms with E-state index in [9.17, 15) is 9.90 Å². The molecule has 0 aliphatic heterocycles. The summed E-state index contributed by atoms with van der Waals surface area (Å²) in [4.78, 5) is 11.3. The molecular weight excluding hydrogens is 374 g/mol. The van der Waals surface area contributed by atoms with Crippen LogP contribution in [0.5, 0.6) is 0 Å². The van der Waals surface area contributed by atoms with E-state index in [-0.39, 0.29) is 0 Å². The molecule has 3 nitrogen and oxygen atoms in total. The molecule has 0 saturated heterocycles. The lowest BCUT2D eigenvalue weighted by Gasteiger charge is -2.12. The van der Waals surface area contributed by atoms with Gasteiger partial charge in [0, 0.05) is 26.7 Å². The molecule has 1 heterocycles. The standard InChI is InChI=1S/C14H13Br2NO2/c1-2-7-17-12(5-6-13(17)14(18)19)10-8-9(15)3-4-11(10)16/h3-6,8H,2,7H2,1H3,(H,18,19). The van der Waals surface area contributed by atoms with Crippen LogP contribution in [-0.4, -0.2) is 15.6 Å². The zero-order chi connectivity index (χ0) is 14.0. The van der Waals surface area contributed by atoms with Gasteiger partial charge in [-0.1, -0.05) is 38.8 Å². The predicted molar refractivity (Wildman–Crippen MR) is 82.5 cm³/mol. The van der Waals surface area contributed by atoms with Crippen LogP contribution in [0, 0.1) is 0 Å². The molecule has 5 heteroatoms. The molecule has 0 saturated carbocycles. The Kier molecular flexibility index (Phi) is 4.47. The van der Waals surface area contributed by atoms with Crippen molar-refractivity contribution in [2.45, 2.75) is 19.9 Å². The van der Waals surface area contributed by atoms with E-state index in [1.165, 1.54) is 0 Å². The van der Waals surface area contributed by atoms with E-state index in [4.69, 9.17) is 0 Å². The van der Waals surface area contributed by atoms with Gasteiger partial charge in [-0.2, -0.15) is 0 Å². The van der Waals surface area contributed by atoms with Crippen LogP contribution in [0.4, 0.5) is 0 Å². The van der Waals surface area contributed by atoms with Gasteiger partial charge in [-0.15, -0.1) is 0 Å². The minimum absolute atomic E-state index is 0.323. The second kappa shape index (κ2) is 5.92. The average Bonchev–Trinajstić information content (AvgIpc) is 2.76. The smallest absolute Gasteiger partial charge is 0.352 e. The second-order valence-corrected chi connectivity index (χ2v) is 5.95. The van der Waals surface area contributed by atoms with Crippen molar-refractivity contribution in [2.24, 2.45) is 0 Å². The summed E-state index contributed by atoms with van der Waals surface area (Å²) in [6.07, 6.45) is 0.883. The first-order chi connectivity index (χ1) is 9.04. The molecule has 0 atom stereocenters. The van der Waals surface area contributed by atoms with Crippen molar-refractivity contribution in [2.75, 3.05) is 0 Å². The normalized spacial score (nSPS) is 10.7. The molecule has 2 aromatic rings. The molecule has 0 radical (unpaired) electrons. The Morgan fingerprint density at radius 2 is 2.00 bits per heavy atom. The highest BCUT2D eigenvalue weighted by Gasteiger charge is 2.16. The number of carboxylic acids is 1. The third-order valence-corrected chi connectivity index (χ3v) is 4.04. The number of halogens is 2. The molecule has 0 fully saturated rings. The third kappa shape index (κ3) is 2.92. The molecule has 1 N–H and O–H groups in total. The average molecular weight is 387 g/mol. The number of benzene rings is 1. The molecule has 1 aromatic heterocycles. The fourth-order valence-electron chi connectivity index (χ4n) is 2.05. The fraction of sp³-hybridized carbons (Fsp3) is 0.214. The number of carbonyl (C=O) groups is 1. The Balaban J connectivity index is 2.61. The Bertz CT molecular complexity index is 620. The minimum Gasteiger partial charge on any atom is -0.477 e. The molecule has 0 bridgehead atoms. The second-order valence-electron chi connectivity index (χ2n) is 4.18. The fourth-order valence-corrected chi connectivity index (χ4v) is 2.86. The summed E-state index contributed by atoms with van der Waals surface area (Å²) in [5, 5.41) is 9.23. The molecule has 0 spiro atoms. The van der Waals surface area contributed by atoms with Crippen molar-refractivity contribution in [3.63, 3.8) is 0 Å². The SMILES string of the molecule is CCCn1c(C(=O)O)ccc1-c1cc(Br)ccc1Br. The van der Waals surface area contributed by atoms with Gasteiger partial charge in [0.2, 0.25) is 0 Å². The van der Waals surface area contributed by atoms with Gasteiger partial charge in [0.05, 0.1) is 0 Å². The van der Waals surface area contributed by atoms with Crippen LogP contribution in [0.25, 0.3) is 11.3 Å². The molecule has 0 unspecified atom stereocenters. The molecule has 0 aliphatic rings. The van der Waals surface area contributed by atoms with Gasteiger partial charge in [0.15, 0.2) is 0 Å². The highest BCUT2D eigenvalue weighted by Crippen LogP contribution is 2.32. The van der Waals surface area contributed by atoms with Crippen molar-refractivity contribution < 1.29 is 9.90 Å². The number of aromatic carboxylic acids is 1. The summed E-state index contributed by atoms with van der Waals surface area (Å²) in [5.74, 6) is -0.897. The molecule has 2 rings (SSSR count). The lowest BCUT2D eigenvalue weighted by atomic mass is 10.1. The van der Waals surface area contributed by atoms with Crippen LogP contribution in [0.15, 0.2) is 39.3 Å². The van der Waals surface area contributed by atoms with Gasteiger partial charge in [-0.3, -0.25) is 0 Å². The van der Waals surface area contributed by atoms with Crippen molar-refractivity contribution in [1.82, 2.24) is 4.57 Å². The Morgan fingerprint density at radius 1 is 1.26 bits per heavy atom. The van der Waals surface area contributed by atoms with E-state index in [1.54, 1.807) is 6.07 Å². The Morgan fingerprint density at radius 3 is 2.63 bits per heavy atom. The molecular formula is C14H13Br2NO2. The monoisotopic (exact) mass is 385 g/mol. The first kappa shape index (κ1) is 14.3. The first-order valence-electron chi connectivity index (χ1n) is 5.92. The molecule has 0 aliphatic carbocycles. The van der Waals surface area contributed by atoms with Gasteiger partial charge < -0.3 is 9.67 Å². The van der Waals surface area contributed by atoms with E-state index in [2.05, 4.69) is 31.9 Å². The van der Waals surface area contributed by atoms with E-state index in [1.807, 2.05) is 35.8 Å². The Hall–Kier alpha value is -1.07. The van der Waals surface area contributed by atoms with E-state index in [0.29, 0.717) is 12.2 Å². The lowest BCUT2D eigenvalue weighted by molar-refractivity contribution is 0.0685. The van der Waals surface area contributed by atoms with Crippen LogP contribution in [0.2, 0.25) is 0 Å². The van der Waals surface area contributed by atoms with Crippen LogP contribution in [-0.2, 0) is 6.54 Å². The summed E-state index contributed by atoms with van der Waals surface area (Å²) < 4.78 is 3.75. The summed E-state index contributed by atoms with van der Waals surface area (Å²) in [5.41, 5.74) is 2.21. The number of hydrogen-bond donors (Lipinski definition) is 1. The summed E-state index contributed by atoms with van der Waals surface area (Å²) in [6, 6.07) is 9.38. The summed E-state index contributed by atoms with van der Waals surface area (Å²) >= 11 is 6.96. The number of carboxylic acid groups (broad SMARTS) is 1. The van der Waals surface area contributed by atoms with Crippen LogP contribution in [0.3, 0.4) is 0 Å². The number of hydrogen-bond acceptors (Lipinski definition) is 1. The van der Waals surface area contributed by atoms with Crippen molar-refractivity contribution in [3.05, 3.63) is 45.0 Å². The molecule has 100 valence electrons. The van der Waals surface area contributed by atoms with Gasteiger partial charge >= 0.3 is 5.97 Å². The van der Waals surface area contributed by atoms with Gasteiger partial charge in [0.25, 0.3) is 0 Å². The van der Waals surface area contributed by atoms with Crippen molar-refractivity contribution in [3.8, 4) is 11.3 Å². The van der Waals surface area contributed by atoms with Crippen molar-refractivity contribution >= 4 is 37.8 Å². The topological polar surface area (TPSA) is 42.2 Å². The Labute approximate surface area is 128 Å². The zero-order valence-corrected chi connectivity index (χ0v) is 13.5. The quantitative estimate of drug-likeness (QED) is 0.820. The lowest BCUT2D eigenvalue weighted by Crippen LogP contribution is -2.09. The van der Waals surface area contributed by atoms with E-state index < -0.39 is 5.97 Å². The van der Waals surface area contributed by atoms with Crippen LogP contribution < -0.4 is 0 Å². The highest BCUT2D eigenvalue weighted by molar-refractivity contribution is 9.11. The molecule has 0 amide bonds.